The van der Waals surface area contributed by atoms with Gasteiger partial charge in [0.05, 0.1) is 22.8 Å². The first kappa shape index (κ1) is 18.8. The summed E-state index contributed by atoms with van der Waals surface area (Å²) in [6.45, 7) is 0. The average Bonchev–Trinajstić information content (AvgIpc) is 2.77. The van der Waals surface area contributed by atoms with Crippen LogP contribution in [0.5, 0.6) is 0 Å². The van der Waals surface area contributed by atoms with Crippen molar-refractivity contribution in [3.05, 3.63) is 129 Å². The number of aliphatic imine (C=N–C) groups is 2. The number of nitrogens with zero attached hydrogens (tertiary/aromatic N) is 2. The minimum atomic E-state index is 0.696. The number of para-hydroxylation sites is 2. The number of benzene rings is 4. The summed E-state index contributed by atoms with van der Waals surface area (Å²) in [6.07, 6.45) is 0. The van der Waals surface area contributed by atoms with Gasteiger partial charge in [0.25, 0.3) is 0 Å². The lowest BCUT2D eigenvalue weighted by Gasteiger charge is -2.18. The van der Waals surface area contributed by atoms with Crippen molar-refractivity contribution < 1.29 is 0 Å². The molecular weight excluding hydrogens is 411 g/mol. The van der Waals surface area contributed by atoms with E-state index in [9.17, 15) is 0 Å². The van der Waals surface area contributed by atoms with Crippen LogP contribution in [0.1, 0.15) is 22.3 Å². The van der Waals surface area contributed by atoms with Gasteiger partial charge < -0.3 is 0 Å². The quantitative estimate of drug-likeness (QED) is 0.277. The minimum Gasteiger partial charge on any atom is -0.247 e. The third kappa shape index (κ3) is 3.56. The SMILES string of the molecule is Clc1ccc(/C2=N/c3ccccc3/C(c3ccc(Cl)cc3)=N\c3ccccc32)cc1. The van der Waals surface area contributed by atoms with Crippen LogP contribution in [-0.4, -0.2) is 11.4 Å². The number of rotatable bonds is 2. The molecule has 0 amide bonds. The number of halogens is 2. The first-order chi connectivity index (χ1) is 14.7. The summed E-state index contributed by atoms with van der Waals surface area (Å²) < 4.78 is 0. The number of hydrogen-bond acceptors (Lipinski definition) is 2. The Balaban J connectivity index is 1.79. The van der Waals surface area contributed by atoms with Gasteiger partial charge in [0, 0.05) is 32.3 Å². The zero-order valence-corrected chi connectivity index (χ0v) is 17.4. The molecule has 0 aliphatic carbocycles. The maximum atomic E-state index is 6.12. The van der Waals surface area contributed by atoms with Crippen LogP contribution in [0.15, 0.2) is 107 Å². The summed E-state index contributed by atoms with van der Waals surface area (Å²) in [6, 6.07) is 31.7. The van der Waals surface area contributed by atoms with E-state index in [4.69, 9.17) is 33.2 Å². The van der Waals surface area contributed by atoms with Gasteiger partial charge in [-0.1, -0.05) is 83.9 Å². The Morgan fingerprint density at radius 1 is 0.433 bits per heavy atom. The standard InChI is InChI=1S/C26H16Cl2N2/c27-19-13-9-17(10-14-19)25-21-5-1-3-7-23(21)29-26(18-11-15-20(28)16-12-18)22-6-2-4-8-24(22)30-25/h1-16H/b25-21?,26-22?,29-23?,29-26-,30-24?,30-25-. The summed E-state index contributed by atoms with van der Waals surface area (Å²) in [5.41, 5.74) is 7.40. The van der Waals surface area contributed by atoms with Crippen molar-refractivity contribution in [2.45, 2.75) is 0 Å². The predicted octanol–water partition coefficient (Wildman–Crippen LogP) is 7.65. The molecular formula is C26H16Cl2N2. The van der Waals surface area contributed by atoms with Gasteiger partial charge in [-0.2, -0.15) is 0 Å². The molecule has 0 fully saturated rings. The van der Waals surface area contributed by atoms with Crippen molar-refractivity contribution in [3.63, 3.8) is 0 Å². The zero-order valence-electron chi connectivity index (χ0n) is 15.9. The average molecular weight is 427 g/mol. The highest BCUT2D eigenvalue weighted by atomic mass is 35.5. The highest BCUT2D eigenvalue weighted by molar-refractivity contribution is 6.31. The Hall–Kier alpha value is -3.20. The molecule has 1 heterocycles. The van der Waals surface area contributed by atoms with Crippen molar-refractivity contribution in [2.75, 3.05) is 0 Å². The van der Waals surface area contributed by atoms with Crippen LogP contribution in [0.4, 0.5) is 11.4 Å². The van der Waals surface area contributed by atoms with E-state index in [2.05, 4.69) is 12.1 Å². The molecule has 4 aromatic rings. The van der Waals surface area contributed by atoms with Gasteiger partial charge in [-0.15, -0.1) is 0 Å². The highest BCUT2D eigenvalue weighted by Crippen LogP contribution is 2.33. The highest BCUT2D eigenvalue weighted by Gasteiger charge is 2.19. The second-order valence-corrected chi connectivity index (χ2v) is 7.84. The largest absolute Gasteiger partial charge is 0.247 e. The van der Waals surface area contributed by atoms with Gasteiger partial charge in [-0.05, 0) is 36.4 Å². The van der Waals surface area contributed by atoms with E-state index in [0.29, 0.717) is 10.0 Å². The summed E-state index contributed by atoms with van der Waals surface area (Å²) in [7, 11) is 0. The summed E-state index contributed by atoms with van der Waals surface area (Å²) in [5, 5.41) is 1.39. The fourth-order valence-electron chi connectivity index (χ4n) is 3.56. The van der Waals surface area contributed by atoms with E-state index in [1.54, 1.807) is 0 Å². The molecule has 0 unspecified atom stereocenters. The maximum absolute atomic E-state index is 6.12. The fraction of sp³-hybridized carbons (Fsp3) is 0. The predicted molar refractivity (Wildman–Crippen MR) is 126 cm³/mol. The molecule has 0 aromatic heterocycles. The zero-order chi connectivity index (χ0) is 20.5. The van der Waals surface area contributed by atoms with Gasteiger partial charge in [-0.25, -0.2) is 9.98 Å². The lowest BCUT2D eigenvalue weighted by molar-refractivity contribution is 1.39. The molecule has 30 heavy (non-hydrogen) atoms. The van der Waals surface area contributed by atoms with Gasteiger partial charge in [0.15, 0.2) is 0 Å². The second-order valence-electron chi connectivity index (χ2n) is 6.97. The van der Waals surface area contributed by atoms with Crippen LogP contribution in [0.25, 0.3) is 0 Å². The van der Waals surface area contributed by atoms with Gasteiger partial charge in [0.2, 0.25) is 0 Å². The second kappa shape index (κ2) is 7.91. The molecule has 1 aliphatic heterocycles. The molecule has 0 radical (unpaired) electrons. The van der Waals surface area contributed by atoms with Gasteiger partial charge in [0.1, 0.15) is 0 Å². The normalized spacial score (nSPS) is 16.2. The Morgan fingerprint density at radius 3 is 1.20 bits per heavy atom. The minimum absolute atomic E-state index is 0.696. The van der Waals surface area contributed by atoms with E-state index in [-0.39, 0.29) is 0 Å². The Bertz CT molecular complexity index is 1180. The third-order valence-corrected chi connectivity index (χ3v) is 5.52. The molecule has 0 saturated heterocycles. The molecule has 1 aliphatic rings. The Kier molecular flexibility index (Phi) is 4.96. The number of hydrogen-bond donors (Lipinski definition) is 0. The molecule has 0 saturated carbocycles. The van der Waals surface area contributed by atoms with Crippen LogP contribution in [0, 0.1) is 0 Å². The van der Waals surface area contributed by atoms with E-state index >= 15 is 0 Å². The number of fused-ring (bicyclic) bond motifs is 2. The molecule has 2 nitrogen and oxygen atoms in total. The van der Waals surface area contributed by atoms with E-state index < -0.39 is 0 Å². The molecule has 5 rings (SSSR count). The van der Waals surface area contributed by atoms with E-state index in [0.717, 1.165) is 45.1 Å². The third-order valence-electron chi connectivity index (χ3n) is 5.02. The van der Waals surface area contributed by atoms with Crippen LogP contribution >= 0.6 is 23.2 Å². The van der Waals surface area contributed by atoms with Crippen molar-refractivity contribution in [1.29, 1.82) is 0 Å². The lowest BCUT2D eigenvalue weighted by Crippen LogP contribution is -2.10. The van der Waals surface area contributed by atoms with Crippen molar-refractivity contribution in [2.24, 2.45) is 9.98 Å². The smallest absolute Gasteiger partial charge is 0.0803 e. The Labute approximate surface area is 185 Å². The summed E-state index contributed by atoms with van der Waals surface area (Å²) in [5.74, 6) is 0. The monoisotopic (exact) mass is 426 g/mol. The van der Waals surface area contributed by atoms with Crippen molar-refractivity contribution in [1.82, 2.24) is 0 Å². The molecule has 0 atom stereocenters. The topological polar surface area (TPSA) is 24.7 Å². The van der Waals surface area contributed by atoms with Crippen LogP contribution in [-0.2, 0) is 0 Å². The molecule has 144 valence electrons. The van der Waals surface area contributed by atoms with E-state index in [1.807, 2.05) is 84.9 Å². The van der Waals surface area contributed by atoms with Gasteiger partial charge in [-0.3, -0.25) is 0 Å². The Morgan fingerprint density at radius 2 is 0.800 bits per heavy atom. The van der Waals surface area contributed by atoms with Crippen LogP contribution in [0.2, 0.25) is 10.0 Å². The molecule has 4 heteroatoms. The van der Waals surface area contributed by atoms with Crippen LogP contribution < -0.4 is 0 Å². The maximum Gasteiger partial charge on any atom is 0.0803 e. The summed E-state index contributed by atoms with van der Waals surface area (Å²) >= 11 is 12.2. The molecule has 0 N–H and O–H groups in total. The van der Waals surface area contributed by atoms with E-state index in [1.165, 1.54) is 0 Å². The van der Waals surface area contributed by atoms with Crippen molar-refractivity contribution >= 4 is 46.0 Å². The first-order valence-electron chi connectivity index (χ1n) is 9.57. The van der Waals surface area contributed by atoms with Crippen LogP contribution in [0.3, 0.4) is 0 Å². The first-order valence-corrected chi connectivity index (χ1v) is 10.3. The van der Waals surface area contributed by atoms with Gasteiger partial charge >= 0.3 is 0 Å². The fourth-order valence-corrected chi connectivity index (χ4v) is 3.81. The van der Waals surface area contributed by atoms with Crippen molar-refractivity contribution in [3.8, 4) is 0 Å². The lowest BCUT2D eigenvalue weighted by atomic mass is 9.96. The summed E-state index contributed by atoms with van der Waals surface area (Å²) in [4.78, 5) is 10.2. The molecule has 0 bridgehead atoms. The molecule has 0 spiro atoms. The molecule has 4 aromatic carbocycles.